The van der Waals surface area contributed by atoms with Crippen LogP contribution in [0.5, 0.6) is 5.75 Å². The van der Waals surface area contributed by atoms with Crippen molar-refractivity contribution in [2.24, 2.45) is 0 Å². The molecule has 1 amide bonds. The quantitative estimate of drug-likeness (QED) is 0.685. The standard InChI is InChI=1S/C18H21BrN2O2.ClH/c1-11(14-6-4-5-7-16(14)23-3)9-17(22)21-15-10-13(19)8-12(2)18(15)20;/h4-8,10-11H,9,20H2,1-3H3,(H,21,22);1H. The number of amides is 1. The number of nitrogens with two attached hydrogens (primary N) is 1. The van der Waals surface area contributed by atoms with Gasteiger partial charge in [-0.1, -0.05) is 41.1 Å². The first-order valence-electron chi connectivity index (χ1n) is 7.40. The maximum Gasteiger partial charge on any atom is 0.225 e. The monoisotopic (exact) mass is 412 g/mol. The summed E-state index contributed by atoms with van der Waals surface area (Å²) in [6.07, 6.45) is 0.353. The number of nitrogen functional groups attached to an aromatic ring is 1. The number of carbonyl (C=O) groups is 1. The fourth-order valence-corrected chi connectivity index (χ4v) is 3.09. The molecule has 0 aliphatic heterocycles. The van der Waals surface area contributed by atoms with E-state index >= 15 is 0 Å². The van der Waals surface area contributed by atoms with E-state index in [0.29, 0.717) is 17.8 Å². The second kappa shape index (κ2) is 8.94. The van der Waals surface area contributed by atoms with E-state index in [1.54, 1.807) is 7.11 Å². The molecule has 0 aliphatic carbocycles. The lowest BCUT2D eigenvalue weighted by Crippen LogP contribution is -2.16. The summed E-state index contributed by atoms with van der Waals surface area (Å²) in [5.74, 6) is 0.763. The molecule has 6 heteroatoms. The van der Waals surface area contributed by atoms with Gasteiger partial charge in [0.05, 0.1) is 18.5 Å². The molecule has 2 aromatic rings. The lowest BCUT2D eigenvalue weighted by molar-refractivity contribution is -0.116. The van der Waals surface area contributed by atoms with Gasteiger partial charge in [0.15, 0.2) is 0 Å². The molecular weight excluding hydrogens is 392 g/mol. The third-order valence-electron chi connectivity index (χ3n) is 3.79. The largest absolute Gasteiger partial charge is 0.496 e. The van der Waals surface area contributed by atoms with Gasteiger partial charge in [-0.05, 0) is 42.2 Å². The first-order chi connectivity index (χ1) is 10.9. The van der Waals surface area contributed by atoms with Crippen LogP contribution in [-0.4, -0.2) is 13.0 Å². The fourth-order valence-electron chi connectivity index (χ4n) is 2.52. The van der Waals surface area contributed by atoms with Gasteiger partial charge in [-0.25, -0.2) is 0 Å². The first kappa shape index (κ1) is 20.3. The van der Waals surface area contributed by atoms with Gasteiger partial charge >= 0.3 is 0 Å². The number of hydrogen-bond acceptors (Lipinski definition) is 3. The number of aryl methyl sites for hydroxylation is 1. The van der Waals surface area contributed by atoms with Crippen LogP contribution in [0.15, 0.2) is 40.9 Å². The van der Waals surface area contributed by atoms with Gasteiger partial charge in [0.2, 0.25) is 5.91 Å². The normalized spacial score (nSPS) is 11.3. The number of anilines is 2. The molecule has 0 bridgehead atoms. The summed E-state index contributed by atoms with van der Waals surface area (Å²) in [4.78, 5) is 12.3. The topological polar surface area (TPSA) is 64.3 Å². The molecule has 0 radical (unpaired) electrons. The number of ether oxygens (including phenoxy) is 1. The van der Waals surface area contributed by atoms with E-state index in [2.05, 4.69) is 21.2 Å². The minimum atomic E-state index is -0.0763. The summed E-state index contributed by atoms with van der Waals surface area (Å²) in [6, 6.07) is 11.5. The van der Waals surface area contributed by atoms with Crippen molar-refractivity contribution in [1.29, 1.82) is 0 Å². The number of carbonyl (C=O) groups excluding carboxylic acids is 1. The van der Waals surface area contributed by atoms with E-state index in [9.17, 15) is 4.79 Å². The zero-order valence-corrected chi connectivity index (χ0v) is 16.3. The minimum Gasteiger partial charge on any atom is -0.496 e. The van der Waals surface area contributed by atoms with Crippen LogP contribution in [0.25, 0.3) is 0 Å². The number of rotatable bonds is 5. The molecule has 4 nitrogen and oxygen atoms in total. The highest BCUT2D eigenvalue weighted by molar-refractivity contribution is 9.10. The van der Waals surface area contributed by atoms with E-state index in [1.807, 2.05) is 50.2 Å². The van der Waals surface area contributed by atoms with Crippen molar-refractivity contribution in [2.45, 2.75) is 26.2 Å². The molecule has 1 atom stereocenters. The SMILES string of the molecule is COc1ccccc1C(C)CC(=O)Nc1cc(Br)cc(C)c1N.Cl. The van der Waals surface area contributed by atoms with Crippen LogP contribution < -0.4 is 15.8 Å². The van der Waals surface area contributed by atoms with E-state index in [1.165, 1.54) is 0 Å². The molecular formula is C18H22BrClN2O2. The Hall–Kier alpha value is -1.72. The summed E-state index contributed by atoms with van der Waals surface area (Å²) in [6.45, 7) is 3.92. The molecule has 130 valence electrons. The predicted octanol–water partition coefficient (Wildman–Crippen LogP) is 4.90. The Morgan fingerprint density at radius 3 is 2.67 bits per heavy atom. The van der Waals surface area contributed by atoms with Gasteiger partial charge in [0.1, 0.15) is 5.75 Å². The molecule has 0 aromatic heterocycles. The van der Waals surface area contributed by atoms with Crippen LogP contribution in [0, 0.1) is 6.92 Å². The molecule has 3 N–H and O–H groups in total. The van der Waals surface area contributed by atoms with Crippen LogP contribution in [0.4, 0.5) is 11.4 Å². The van der Waals surface area contributed by atoms with E-state index < -0.39 is 0 Å². The Kier molecular flexibility index (Phi) is 7.58. The summed E-state index contributed by atoms with van der Waals surface area (Å²) in [5, 5.41) is 2.90. The van der Waals surface area contributed by atoms with Gasteiger partial charge in [0.25, 0.3) is 0 Å². The van der Waals surface area contributed by atoms with Crippen LogP contribution in [-0.2, 0) is 4.79 Å². The molecule has 1 unspecified atom stereocenters. The van der Waals surface area contributed by atoms with E-state index in [0.717, 1.165) is 21.3 Å². The second-order valence-corrected chi connectivity index (χ2v) is 6.49. The van der Waals surface area contributed by atoms with Gasteiger partial charge < -0.3 is 15.8 Å². The summed E-state index contributed by atoms with van der Waals surface area (Å²) >= 11 is 3.42. The second-order valence-electron chi connectivity index (χ2n) is 5.58. The van der Waals surface area contributed by atoms with Gasteiger partial charge in [0, 0.05) is 10.9 Å². The average molecular weight is 414 g/mol. The van der Waals surface area contributed by atoms with Crippen LogP contribution >= 0.6 is 28.3 Å². The van der Waals surface area contributed by atoms with Crippen LogP contribution in [0.2, 0.25) is 0 Å². The van der Waals surface area contributed by atoms with Crippen molar-refractivity contribution >= 4 is 45.6 Å². The number of benzene rings is 2. The van der Waals surface area contributed by atoms with Gasteiger partial charge in [-0.2, -0.15) is 0 Å². The Balaban J connectivity index is 0.00000288. The number of para-hydroxylation sites is 1. The lowest BCUT2D eigenvalue weighted by atomic mass is 9.96. The van der Waals surface area contributed by atoms with E-state index in [-0.39, 0.29) is 24.2 Å². The maximum atomic E-state index is 12.3. The van der Waals surface area contributed by atoms with Gasteiger partial charge in [-0.15, -0.1) is 12.4 Å². The van der Waals surface area contributed by atoms with Crippen molar-refractivity contribution in [3.05, 3.63) is 52.0 Å². The Morgan fingerprint density at radius 1 is 1.33 bits per heavy atom. The molecule has 0 fully saturated rings. The van der Waals surface area contributed by atoms with E-state index in [4.69, 9.17) is 10.5 Å². The minimum absolute atomic E-state index is 0. The molecule has 0 aliphatic rings. The third kappa shape index (κ3) is 4.89. The predicted molar refractivity (Wildman–Crippen MR) is 105 cm³/mol. The Morgan fingerprint density at radius 2 is 2.00 bits per heavy atom. The highest BCUT2D eigenvalue weighted by Crippen LogP contribution is 2.30. The molecule has 0 heterocycles. The average Bonchev–Trinajstić information content (AvgIpc) is 2.51. The molecule has 2 rings (SSSR count). The Labute approximate surface area is 157 Å². The maximum absolute atomic E-state index is 12.3. The first-order valence-corrected chi connectivity index (χ1v) is 8.20. The van der Waals surface area contributed by atoms with Crippen molar-refractivity contribution in [1.82, 2.24) is 0 Å². The zero-order valence-electron chi connectivity index (χ0n) is 13.9. The lowest BCUT2D eigenvalue weighted by Gasteiger charge is -2.16. The summed E-state index contributed by atoms with van der Waals surface area (Å²) in [7, 11) is 1.64. The molecule has 0 saturated carbocycles. The molecule has 0 spiro atoms. The number of nitrogens with one attached hydrogen (secondary N) is 1. The molecule has 0 saturated heterocycles. The smallest absolute Gasteiger partial charge is 0.225 e. The highest BCUT2D eigenvalue weighted by atomic mass is 79.9. The molecule has 2 aromatic carbocycles. The van der Waals surface area contributed by atoms with Crippen molar-refractivity contribution in [2.75, 3.05) is 18.2 Å². The summed E-state index contributed by atoms with van der Waals surface area (Å²) < 4.78 is 6.25. The Bertz CT molecular complexity index is 722. The zero-order chi connectivity index (χ0) is 17.0. The molecule has 24 heavy (non-hydrogen) atoms. The number of hydrogen-bond donors (Lipinski definition) is 2. The van der Waals surface area contributed by atoms with Crippen molar-refractivity contribution in [3.63, 3.8) is 0 Å². The van der Waals surface area contributed by atoms with Crippen molar-refractivity contribution < 1.29 is 9.53 Å². The third-order valence-corrected chi connectivity index (χ3v) is 4.24. The number of methoxy groups -OCH3 is 1. The van der Waals surface area contributed by atoms with Crippen LogP contribution in [0.3, 0.4) is 0 Å². The highest BCUT2D eigenvalue weighted by Gasteiger charge is 2.16. The number of halogens is 2. The fraction of sp³-hybridized carbons (Fsp3) is 0.278. The summed E-state index contributed by atoms with van der Waals surface area (Å²) in [5.41, 5.74) is 9.20. The van der Waals surface area contributed by atoms with Crippen LogP contribution in [0.1, 0.15) is 30.4 Å². The van der Waals surface area contributed by atoms with Gasteiger partial charge in [-0.3, -0.25) is 4.79 Å². The van der Waals surface area contributed by atoms with Crippen molar-refractivity contribution in [3.8, 4) is 5.75 Å².